The molecule has 0 radical (unpaired) electrons. The molecular formula is C24H40O5. The van der Waals surface area contributed by atoms with Gasteiger partial charge in [-0.25, -0.2) is 0 Å². The fraction of sp³-hybridized carbons (Fsp3) is 0.958. The van der Waals surface area contributed by atoms with Crippen LogP contribution in [0.2, 0.25) is 0 Å². The number of hydrogen-bond acceptors (Lipinski definition) is 4. The molecule has 0 amide bonds. The van der Waals surface area contributed by atoms with E-state index in [2.05, 4.69) is 20.8 Å². The maximum Gasteiger partial charge on any atom is 0.303 e. The van der Waals surface area contributed by atoms with Gasteiger partial charge in [0, 0.05) is 6.42 Å². The van der Waals surface area contributed by atoms with Crippen LogP contribution in [0.3, 0.4) is 0 Å². The lowest BCUT2D eigenvalue weighted by molar-refractivity contribution is -0.202. The van der Waals surface area contributed by atoms with E-state index in [1.807, 2.05) is 0 Å². The van der Waals surface area contributed by atoms with E-state index in [0.717, 1.165) is 38.5 Å². The van der Waals surface area contributed by atoms with Gasteiger partial charge < -0.3 is 20.4 Å². The summed E-state index contributed by atoms with van der Waals surface area (Å²) in [4.78, 5) is 11.1. The summed E-state index contributed by atoms with van der Waals surface area (Å²) < 4.78 is 0. The molecule has 0 spiro atoms. The van der Waals surface area contributed by atoms with Crippen molar-refractivity contribution in [2.24, 2.45) is 46.3 Å². The summed E-state index contributed by atoms with van der Waals surface area (Å²) in [6, 6.07) is 0. The highest BCUT2D eigenvalue weighted by molar-refractivity contribution is 5.66. The van der Waals surface area contributed by atoms with Gasteiger partial charge >= 0.3 is 5.97 Å². The van der Waals surface area contributed by atoms with Crippen molar-refractivity contribution in [2.45, 2.75) is 96.9 Å². The Hall–Kier alpha value is -0.650. The molecule has 0 saturated heterocycles. The number of carbonyl (C=O) groups is 1. The summed E-state index contributed by atoms with van der Waals surface area (Å²) in [5.74, 6) is 1.25. The van der Waals surface area contributed by atoms with Crippen molar-refractivity contribution in [1.82, 2.24) is 0 Å². The van der Waals surface area contributed by atoms with Gasteiger partial charge in [0.1, 0.15) is 0 Å². The van der Waals surface area contributed by atoms with Crippen LogP contribution in [0.25, 0.3) is 0 Å². The van der Waals surface area contributed by atoms with E-state index in [1.54, 1.807) is 0 Å². The third-order valence-electron chi connectivity index (χ3n) is 10.3. The summed E-state index contributed by atoms with van der Waals surface area (Å²) in [5.41, 5.74) is -0.187. The van der Waals surface area contributed by atoms with Gasteiger partial charge in [0.05, 0.1) is 18.3 Å². The van der Waals surface area contributed by atoms with Gasteiger partial charge in [0.15, 0.2) is 0 Å². The lowest BCUT2D eigenvalue weighted by Gasteiger charge is -2.63. The number of rotatable bonds is 4. The molecule has 0 aromatic heterocycles. The molecule has 5 heteroatoms. The van der Waals surface area contributed by atoms with E-state index in [4.69, 9.17) is 5.11 Å². The molecule has 4 aliphatic carbocycles. The third-order valence-corrected chi connectivity index (χ3v) is 10.3. The first kappa shape index (κ1) is 21.6. The average Bonchev–Trinajstić information content (AvgIpc) is 3.02. The second-order valence-corrected chi connectivity index (χ2v) is 11.4. The van der Waals surface area contributed by atoms with Crippen LogP contribution in [0.4, 0.5) is 0 Å². The van der Waals surface area contributed by atoms with E-state index in [9.17, 15) is 20.1 Å². The minimum atomic E-state index is -0.741. The molecular weight excluding hydrogens is 368 g/mol. The molecule has 0 unspecified atom stereocenters. The van der Waals surface area contributed by atoms with Gasteiger partial charge in [-0.3, -0.25) is 4.79 Å². The SMILES string of the molecule is C[C@H](CCC(=O)O)[C@H]1CC[C@H]2[C@@H]3C[C@H](O)[C@@H]4C[C@H](O)CC[C@]4(C)[C@@H]3C[C@H](O)[C@]12C. The zero-order valence-corrected chi connectivity index (χ0v) is 18.3. The van der Waals surface area contributed by atoms with Crippen molar-refractivity contribution in [3.63, 3.8) is 0 Å². The fourth-order valence-corrected chi connectivity index (χ4v) is 8.76. The van der Waals surface area contributed by atoms with Crippen LogP contribution in [0, 0.1) is 46.3 Å². The van der Waals surface area contributed by atoms with Crippen molar-refractivity contribution in [3.05, 3.63) is 0 Å². The number of aliphatic hydroxyl groups excluding tert-OH is 3. The maximum atomic E-state index is 11.5. The Morgan fingerprint density at radius 3 is 2.41 bits per heavy atom. The summed E-state index contributed by atoms with van der Waals surface area (Å²) >= 11 is 0. The number of carboxylic acid groups (broad SMARTS) is 1. The molecule has 4 N–H and O–H groups in total. The number of aliphatic carboxylic acids is 1. The standard InChI is InChI=1S/C24H40O5/c1-13(4-7-22(28)29)16-5-6-17-15-11-20(26)19-10-14(25)8-9-23(19,2)18(15)12-21(27)24(16,17)3/h13-21,25-27H,4-12H2,1-3H3,(H,28,29)/t13-,14-,15+,16-,17+,18-,19+,20+,21+,23-,24-/m1/s1. The summed E-state index contributed by atoms with van der Waals surface area (Å²) in [6.07, 6.45) is 5.97. The Morgan fingerprint density at radius 1 is 1.00 bits per heavy atom. The van der Waals surface area contributed by atoms with Crippen molar-refractivity contribution in [1.29, 1.82) is 0 Å². The van der Waals surface area contributed by atoms with E-state index in [1.165, 1.54) is 0 Å². The number of hydrogen-bond donors (Lipinski definition) is 4. The quantitative estimate of drug-likeness (QED) is 0.571. The number of aliphatic hydroxyl groups is 3. The van der Waals surface area contributed by atoms with Crippen LogP contribution in [0.5, 0.6) is 0 Å². The van der Waals surface area contributed by atoms with Gasteiger partial charge in [-0.1, -0.05) is 20.8 Å². The summed E-state index contributed by atoms with van der Waals surface area (Å²) in [5, 5.41) is 41.8. The molecule has 0 heterocycles. The predicted molar refractivity (Wildman–Crippen MR) is 110 cm³/mol. The molecule has 0 aromatic rings. The highest BCUT2D eigenvalue weighted by Gasteiger charge is 2.65. The first-order chi connectivity index (χ1) is 13.6. The van der Waals surface area contributed by atoms with Crippen LogP contribution in [0.15, 0.2) is 0 Å². The highest BCUT2D eigenvalue weighted by Crippen LogP contribution is 2.68. The average molecular weight is 409 g/mol. The molecule has 0 aromatic carbocycles. The first-order valence-corrected chi connectivity index (χ1v) is 11.8. The molecule has 4 rings (SSSR count). The molecule has 4 fully saturated rings. The van der Waals surface area contributed by atoms with Gasteiger partial charge in [-0.15, -0.1) is 0 Å². The van der Waals surface area contributed by atoms with Gasteiger partial charge in [0.25, 0.3) is 0 Å². The second kappa shape index (κ2) is 7.49. The summed E-state index contributed by atoms with van der Waals surface area (Å²) in [7, 11) is 0. The lowest BCUT2D eigenvalue weighted by atomic mass is 9.43. The predicted octanol–water partition coefficient (Wildman–Crippen LogP) is 3.45. The molecule has 5 nitrogen and oxygen atoms in total. The molecule has 11 atom stereocenters. The van der Waals surface area contributed by atoms with Crippen molar-refractivity contribution in [3.8, 4) is 0 Å². The Morgan fingerprint density at radius 2 is 1.72 bits per heavy atom. The van der Waals surface area contributed by atoms with Crippen LogP contribution < -0.4 is 0 Å². The monoisotopic (exact) mass is 408 g/mol. The zero-order valence-electron chi connectivity index (χ0n) is 18.3. The third kappa shape index (κ3) is 3.27. The summed E-state index contributed by atoms with van der Waals surface area (Å²) in [6.45, 7) is 6.72. The Kier molecular flexibility index (Phi) is 5.57. The minimum absolute atomic E-state index is 0.00309. The van der Waals surface area contributed by atoms with E-state index < -0.39 is 5.97 Å². The molecule has 4 aliphatic rings. The largest absolute Gasteiger partial charge is 0.481 e. The van der Waals surface area contributed by atoms with Crippen LogP contribution in [-0.4, -0.2) is 44.7 Å². The lowest BCUT2D eigenvalue weighted by Crippen LogP contribution is -2.61. The number of fused-ring (bicyclic) bond motifs is 5. The zero-order chi connectivity index (χ0) is 21.1. The van der Waals surface area contributed by atoms with Crippen LogP contribution in [-0.2, 0) is 4.79 Å². The highest BCUT2D eigenvalue weighted by atomic mass is 16.4. The van der Waals surface area contributed by atoms with Crippen LogP contribution in [0.1, 0.15) is 78.6 Å². The maximum absolute atomic E-state index is 11.5. The Labute approximate surface area is 174 Å². The molecule has 0 bridgehead atoms. The topological polar surface area (TPSA) is 98.0 Å². The van der Waals surface area contributed by atoms with Crippen molar-refractivity contribution < 1.29 is 25.2 Å². The van der Waals surface area contributed by atoms with Gasteiger partial charge in [-0.2, -0.15) is 0 Å². The van der Waals surface area contributed by atoms with E-state index in [0.29, 0.717) is 36.5 Å². The van der Waals surface area contributed by atoms with Crippen LogP contribution >= 0.6 is 0 Å². The Balaban J connectivity index is 1.60. The van der Waals surface area contributed by atoms with Crippen molar-refractivity contribution in [2.75, 3.05) is 0 Å². The van der Waals surface area contributed by atoms with Gasteiger partial charge in [0.2, 0.25) is 0 Å². The molecule has 4 saturated carbocycles. The normalized spacial score (nSPS) is 52.9. The van der Waals surface area contributed by atoms with E-state index in [-0.39, 0.29) is 47.4 Å². The molecule has 0 aliphatic heterocycles. The Bertz CT molecular complexity index is 637. The van der Waals surface area contributed by atoms with Gasteiger partial charge in [-0.05, 0) is 97.7 Å². The smallest absolute Gasteiger partial charge is 0.303 e. The molecule has 166 valence electrons. The first-order valence-electron chi connectivity index (χ1n) is 11.8. The van der Waals surface area contributed by atoms with E-state index >= 15 is 0 Å². The van der Waals surface area contributed by atoms with Crippen molar-refractivity contribution >= 4 is 5.97 Å². The molecule has 29 heavy (non-hydrogen) atoms. The number of carboxylic acids is 1. The fourth-order valence-electron chi connectivity index (χ4n) is 8.76. The minimum Gasteiger partial charge on any atom is -0.481 e. The second-order valence-electron chi connectivity index (χ2n) is 11.4.